The molecule has 1 aromatic rings. The first-order chi connectivity index (χ1) is 8.24. The van der Waals surface area contributed by atoms with Gasteiger partial charge in [0.05, 0.1) is 6.54 Å². The lowest BCUT2D eigenvalue weighted by molar-refractivity contribution is 0.118. The highest BCUT2D eigenvalue weighted by molar-refractivity contribution is 5.71. The number of anilines is 1. The molecule has 3 rings (SSSR count). The van der Waals surface area contributed by atoms with Gasteiger partial charge in [-0.2, -0.15) is 0 Å². The van der Waals surface area contributed by atoms with Crippen LogP contribution < -0.4 is 5.73 Å². The minimum Gasteiger partial charge on any atom is -0.439 e. The maximum atomic E-state index is 11.7. The number of amides is 1. The van der Waals surface area contributed by atoms with E-state index in [2.05, 4.69) is 0 Å². The molecule has 1 saturated carbocycles. The molecule has 1 aromatic carbocycles. The number of nitrogens with zero attached hydrogens (tertiary/aromatic N) is 1. The minimum absolute atomic E-state index is 0.161. The van der Waals surface area contributed by atoms with Crippen LogP contribution in [0.5, 0.6) is 0 Å². The number of carbonyl (C=O) groups excluding carboxylic acids is 1. The van der Waals surface area contributed by atoms with Gasteiger partial charge in [0.25, 0.3) is 0 Å². The van der Waals surface area contributed by atoms with E-state index in [0.29, 0.717) is 18.3 Å². The van der Waals surface area contributed by atoms with E-state index < -0.39 is 0 Å². The second kappa shape index (κ2) is 3.95. The molecule has 17 heavy (non-hydrogen) atoms. The van der Waals surface area contributed by atoms with Gasteiger partial charge in [-0.1, -0.05) is 12.1 Å². The highest BCUT2D eigenvalue weighted by Gasteiger charge is 2.38. The summed E-state index contributed by atoms with van der Waals surface area (Å²) in [5.41, 5.74) is 7.43. The lowest BCUT2D eigenvalue weighted by Gasteiger charge is -2.32. The molecule has 2 N–H and O–H groups in total. The Bertz CT molecular complexity index is 443. The van der Waals surface area contributed by atoms with Crippen LogP contribution in [0.2, 0.25) is 0 Å². The van der Waals surface area contributed by atoms with Crippen molar-refractivity contribution in [2.75, 3.05) is 12.3 Å². The molecule has 2 fully saturated rings. The van der Waals surface area contributed by atoms with Crippen molar-refractivity contribution < 1.29 is 9.53 Å². The van der Waals surface area contributed by atoms with Gasteiger partial charge in [0.1, 0.15) is 6.10 Å². The predicted octanol–water partition coefficient (Wildman–Crippen LogP) is 2.31. The van der Waals surface area contributed by atoms with Gasteiger partial charge >= 0.3 is 6.09 Å². The molecule has 0 aromatic heterocycles. The van der Waals surface area contributed by atoms with Crippen LogP contribution in [-0.4, -0.2) is 23.6 Å². The van der Waals surface area contributed by atoms with Crippen LogP contribution in [0.1, 0.15) is 30.9 Å². The third kappa shape index (κ3) is 1.84. The quantitative estimate of drug-likeness (QED) is 0.796. The van der Waals surface area contributed by atoms with Crippen LogP contribution in [0.25, 0.3) is 0 Å². The topological polar surface area (TPSA) is 55.6 Å². The van der Waals surface area contributed by atoms with Gasteiger partial charge in [-0.25, -0.2) is 4.79 Å². The summed E-state index contributed by atoms with van der Waals surface area (Å²) < 4.78 is 5.40. The Morgan fingerprint density at radius 3 is 2.82 bits per heavy atom. The average molecular weight is 232 g/mol. The van der Waals surface area contributed by atoms with E-state index in [1.807, 2.05) is 29.2 Å². The summed E-state index contributed by atoms with van der Waals surface area (Å²) in [7, 11) is 0. The number of hydrogen-bond donors (Lipinski definition) is 1. The Balaban J connectivity index is 1.76. The molecule has 90 valence electrons. The van der Waals surface area contributed by atoms with E-state index in [-0.39, 0.29) is 12.2 Å². The first kappa shape index (κ1) is 10.4. The molecule has 1 aliphatic heterocycles. The molecule has 1 saturated heterocycles. The van der Waals surface area contributed by atoms with E-state index in [0.717, 1.165) is 18.4 Å². The van der Waals surface area contributed by atoms with Crippen molar-refractivity contribution in [1.29, 1.82) is 0 Å². The molecular weight excluding hydrogens is 216 g/mol. The summed E-state index contributed by atoms with van der Waals surface area (Å²) in [6.45, 7) is 0.660. The first-order valence-corrected chi connectivity index (χ1v) is 6.07. The fourth-order valence-corrected chi connectivity index (χ4v) is 2.41. The molecule has 4 nitrogen and oxygen atoms in total. The normalized spacial score (nSPS) is 24.6. The van der Waals surface area contributed by atoms with E-state index in [1.165, 1.54) is 6.42 Å². The van der Waals surface area contributed by atoms with Crippen molar-refractivity contribution >= 4 is 11.8 Å². The van der Waals surface area contributed by atoms with Crippen molar-refractivity contribution in [3.63, 3.8) is 0 Å². The highest BCUT2D eigenvalue weighted by Crippen LogP contribution is 2.33. The van der Waals surface area contributed by atoms with Crippen LogP contribution >= 0.6 is 0 Å². The van der Waals surface area contributed by atoms with Gasteiger partial charge in [-0.05, 0) is 37.0 Å². The summed E-state index contributed by atoms with van der Waals surface area (Å²) in [4.78, 5) is 13.6. The fourth-order valence-electron chi connectivity index (χ4n) is 2.41. The maximum Gasteiger partial charge on any atom is 0.410 e. The molecule has 4 heteroatoms. The Hall–Kier alpha value is -1.71. The maximum absolute atomic E-state index is 11.7. The van der Waals surface area contributed by atoms with Gasteiger partial charge in [-0.3, -0.25) is 0 Å². The Morgan fingerprint density at radius 2 is 2.18 bits per heavy atom. The number of hydrogen-bond acceptors (Lipinski definition) is 3. The second-order valence-corrected chi connectivity index (χ2v) is 4.78. The molecule has 1 atom stereocenters. The molecule has 1 unspecified atom stereocenters. The number of ether oxygens (including phenoxy) is 1. The zero-order valence-corrected chi connectivity index (χ0v) is 9.63. The SMILES string of the molecule is Nc1cccc(C2CN(C3CCC3)C(=O)O2)c1. The molecule has 0 radical (unpaired) electrons. The predicted molar refractivity (Wildman–Crippen MR) is 64.4 cm³/mol. The Kier molecular flexibility index (Phi) is 2.42. The van der Waals surface area contributed by atoms with Gasteiger partial charge in [0.15, 0.2) is 0 Å². The number of rotatable bonds is 2. The molecule has 0 spiro atoms. The smallest absolute Gasteiger partial charge is 0.410 e. The lowest BCUT2D eigenvalue weighted by Crippen LogP contribution is -2.40. The van der Waals surface area contributed by atoms with E-state index >= 15 is 0 Å². The highest BCUT2D eigenvalue weighted by atomic mass is 16.6. The van der Waals surface area contributed by atoms with Crippen LogP contribution in [0.4, 0.5) is 10.5 Å². The monoisotopic (exact) mass is 232 g/mol. The third-order valence-electron chi connectivity index (χ3n) is 3.64. The van der Waals surface area contributed by atoms with Gasteiger partial charge in [0, 0.05) is 11.7 Å². The average Bonchev–Trinajstić information content (AvgIpc) is 2.59. The summed E-state index contributed by atoms with van der Waals surface area (Å²) in [5, 5.41) is 0. The zero-order chi connectivity index (χ0) is 11.8. The van der Waals surface area contributed by atoms with Crippen LogP contribution in [0.3, 0.4) is 0 Å². The van der Waals surface area contributed by atoms with Gasteiger partial charge in [0.2, 0.25) is 0 Å². The minimum atomic E-state index is -0.179. The van der Waals surface area contributed by atoms with E-state index in [9.17, 15) is 4.79 Å². The van der Waals surface area contributed by atoms with Crippen LogP contribution in [-0.2, 0) is 4.74 Å². The van der Waals surface area contributed by atoms with Crippen molar-refractivity contribution in [2.24, 2.45) is 0 Å². The Labute approximate surface area is 100 Å². The van der Waals surface area contributed by atoms with Crippen molar-refractivity contribution in [1.82, 2.24) is 4.90 Å². The standard InChI is InChI=1S/C13H16N2O2/c14-10-4-1-3-9(7-10)12-8-15(13(16)17-12)11-5-2-6-11/h1,3-4,7,11-12H,2,5-6,8,14H2. The van der Waals surface area contributed by atoms with Gasteiger partial charge in [-0.15, -0.1) is 0 Å². The fraction of sp³-hybridized carbons (Fsp3) is 0.462. The van der Waals surface area contributed by atoms with Crippen LogP contribution in [0.15, 0.2) is 24.3 Å². The van der Waals surface area contributed by atoms with Crippen molar-refractivity contribution in [3.8, 4) is 0 Å². The molecule has 2 aliphatic rings. The Morgan fingerprint density at radius 1 is 1.35 bits per heavy atom. The number of cyclic esters (lactones) is 1. The number of nitrogen functional groups attached to an aromatic ring is 1. The second-order valence-electron chi connectivity index (χ2n) is 4.78. The van der Waals surface area contributed by atoms with Crippen molar-refractivity contribution in [2.45, 2.75) is 31.4 Å². The summed E-state index contributed by atoms with van der Waals surface area (Å²) in [6.07, 6.45) is 3.10. The summed E-state index contributed by atoms with van der Waals surface area (Å²) >= 11 is 0. The van der Waals surface area contributed by atoms with Gasteiger partial charge < -0.3 is 15.4 Å². The largest absolute Gasteiger partial charge is 0.439 e. The first-order valence-electron chi connectivity index (χ1n) is 6.07. The van der Waals surface area contributed by atoms with Crippen LogP contribution in [0, 0.1) is 0 Å². The summed E-state index contributed by atoms with van der Waals surface area (Å²) in [6, 6.07) is 7.96. The number of benzene rings is 1. The number of carbonyl (C=O) groups is 1. The molecule has 1 aliphatic carbocycles. The van der Waals surface area contributed by atoms with E-state index in [1.54, 1.807) is 0 Å². The molecule has 0 bridgehead atoms. The lowest BCUT2D eigenvalue weighted by atomic mass is 9.91. The van der Waals surface area contributed by atoms with E-state index in [4.69, 9.17) is 10.5 Å². The molecule has 1 amide bonds. The summed E-state index contributed by atoms with van der Waals surface area (Å²) in [5.74, 6) is 0. The third-order valence-corrected chi connectivity index (χ3v) is 3.64. The zero-order valence-electron chi connectivity index (χ0n) is 9.63. The van der Waals surface area contributed by atoms with Crippen molar-refractivity contribution in [3.05, 3.63) is 29.8 Å². The number of nitrogens with two attached hydrogens (primary N) is 1. The molecular formula is C13H16N2O2. The molecule has 1 heterocycles.